The molecule has 0 radical (unpaired) electrons. The Kier molecular flexibility index (Phi) is 6.04. The van der Waals surface area contributed by atoms with Gasteiger partial charge in [-0.15, -0.1) is 0 Å². The molecule has 21 heavy (non-hydrogen) atoms. The van der Waals surface area contributed by atoms with Crippen molar-refractivity contribution in [3.63, 3.8) is 0 Å². The van der Waals surface area contributed by atoms with Crippen LogP contribution in [0.1, 0.15) is 25.3 Å². The van der Waals surface area contributed by atoms with Crippen LogP contribution in [0.5, 0.6) is 5.75 Å². The molecule has 4 heteroatoms. The van der Waals surface area contributed by atoms with Crippen molar-refractivity contribution in [2.24, 2.45) is 0 Å². The first-order valence-corrected chi connectivity index (χ1v) is 8.97. The highest BCUT2D eigenvalue weighted by molar-refractivity contribution is 7.53. The highest BCUT2D eigenvalue weighted by atomic mass is 31.2. The first-order chi connectivity index (χ1) is 10.2. The fourth-order valence-electron chi connectivity index (χ4n) is 1.90. The minimum absolute atomic E-state index is 0.284. The molecule has 0 aromatic heterocycles. The summed E-state index contributed by atoms with van der Waals surface area (Å²) >= 11 is 0. The van der Waals surface area contributed by atoms with Crippen molar-refractivity contribution in [2.75, 3.05) is 6.61 Å². The van der Waals surface area contributed by atoms with Gasteiger partial charge in [0, 0.05) is 0 Å². The lowest BCUT2D eigenvalue weighted by atomic mass is 10.2. The zero-order valence-electron chi connectivity index (χ0n) is 12.3. The minimum atomic E-state index is -3.19. The van der Waals surface area contributed by atoms with Crippen molar-refractivity contribution >= 4 is 7.60 Å². The van der Waals surface area contributed by atoms with Gasteiger partial charge >= 0.3 is 7.60 Å². The van der Waals surface area contributed by atoms with Crippen LogP contribution in [-0.2, 0) is 15.3 Å². The second-order valence-corrected chi connectivity index (χ2v) is 6.82. The van der Waals surface area contributed by atoms with Crippen molar-refractivity contribution in [3.8, 4) is 5.75 Å². The van der Waals surface area contributed by atoms with Crippen LogP contribution in [0.3, 0.4) is 0 Å². The van der Waals surface area contributed by atoms with Gasteiger partial charge < -0.3 is 4.52 Å². The summed E-state index contributed by atoms with van der Waals surface area (Å²) in [5.41, 5.74) is 0.952. The molecule has 0 fully saturated rings. The normalized spacial score (nSPS) is 13.6. The summed E-state index contributed by atoms with van der Waals surface area (Å²) < 4.78 is 24.3. The van der Waals surface area contributed by atoms with Crippen molar-refractivity contribution < 1.29 is 13.6 Å². The Hall–Kier alpha value is -1.57. The molecule has 2 aromatic carbocycles. The third-order valence-electron chi connectivity index (χ3n) is 2.99. The van der Waals surface area contributed by atoms with Crippen LogP contribution in [-0.4, -0.2) is 6.61 Å². The van der Waals surface area contributed by atoms with E-state index in [0.29, 0.717) is 12.4 Å². The van der Waals surface area contributed by atoms with E-state index >= 15 is 0 Å². The summed E-state index contributed by atoms with van der Waals surface area (Å²) in [6.07, 6.45) is 2.15. The summed E-state index contributed by atoms with van der Waals surface area (Å²) in [5.74, 6) is 0.577. The van der Waals surface area contributed by atoms with Gasteiger partial charge in [-0.1, -0.05) is 61.9 Å². The largest absolute Gasteiger partial charge is 0.424 e. The van der Waals surface area contributed by atoms with Crippen molar-refractivity contribution in [3.05, 3.63) is 66.2 Å². The molecule has 0 bridgehead atoms. The van der Waals surface area contributed by atoms with Crippen LogP contribution in [0.4, 0.5) is 0 Å². The van der Waals surface area contributed by atoms with Gasteiger partial charge in [-0.25, -0.2) is 4.57 Å². The average molecular weight is 304 g/mol. The standard InChI is InChI=1S/C17H21O3P/c1-2-3-14-19-21(18,15-16-10-6-4-7-11-16)20-17-12-8-5-9-13-17/h4-13H,2-3,14-15H2,1H3/t21-/m1/s1. The van der Waals surface area contributed by atoms with Crippen molar-refractivity contribution in [1.82, 2.24) is 0 Å². The monoisotopic (exact) mass is 304 g/mol. The maximum absolute atomic E-state index is 13.0. The van der Waals surface area contributed by atoms with Crippen molar-refractivity contribution in [1.29, 1.82) is 0 Å². The lowest BCUT2D eigenvalue weighted by Crippen LogP contribution is -2.03. The Morgan fingerprint density at radius 2 is 1.57 bits per heavy atom. The molecule has 0 amide bonds. The fourth-order valence-corrected chi connectivity index (χ4v) is 3.62. The van der Waals surface area contributed by atoms with Gasteiger partial charge in [0.15, 0.2) is 0 Å². The number of benzene rings is 2. The van der Waals surface area contributed by atoms with Gasteiger partial charge in [0.2, 0.25) is 0 Å². The van der Waals surface area contributed by atoms with Gasteiger partial charge in [-0.05, 0) is 24.1 Å². The van der Waals surface area contributed by atoms with E-state index < -0.39 is 7.60 Å². The second kappa shape index (κ2) is 8.02. The first kappa shape index (κ1) is 15.8. The van der Waals surface area contributed by atoms with E-state index in [0.717, 1.165) is 18.4 Å². The molecule has 0 aliphatic rings. The molecule has 0 heterocycles. The van der Waals surface area contributed by atoms with Crippen molar-refractivity contribution in [2.45, 2.75) is 25.9 Å². The van der Waals surface area contributed by atoms with E-state index in [-0.39, 0.29) is 6.16 Å². The molecule has 0 aliphatic carbocycles. The van der Waals surface area contributed by atoms with Crippen LogP contribution < -0.4 is 4.52 Å². The summed E-state index contributed by atoms with van der Waals surface area (Å²) in [4.78, 5) is 0. The predicted molar refractivity (Wildman–Crippen MR) is 85.7 cm³/mol. The van der Waals surface area contributed by atoms with E-state index in [4.69, 9.17) is 9.05 Å². The Bertz CT molecular complexity index is 524. The number of hydrogen-bond acceptors (Lipinski definition) is 3. The highest BCUT2D eigenvalue weighted by Crippen LogP contribution is 2.51. The number of hydrogen-bond donors (Lipinski definition) is 0. The zero-order valence-corrected chi connectivity index (χ0v) is 13.2. The van der Waals surface area contributed by atoms with Gasteiger partial charge in [0.25, 0.3) is 0 Å². The first-order valence-electron chi connectivity index (χ1n) is 7.24. The zero-order chi connectivity index (χ0) is 15.0. The molecule has 3 nitrogen and oxygen atoms in total. The van der Waals surface area contributed by atoms with Gasteiger partial charge in [-0.2, -0.15) is 0 Å². The SMILES string of the molecule is CCCCO[P@](=O)(Cc1ccccc1)Oc1ccccc1. The van der Waals surface area contributed by atoms with Crippen LogP contribution in [0.25, 0.3) is 0 Å². The lowest BCUT2D eigenvalue weighted by Gasteiger charge is -2.19. The van der Waals surface area contributed by atoms with E-state index in [1.165, 1.54) is 0 Å². The molecular weight excluding hydrogens is 283 g/mol. The smallest absolute Gasteiger partial charge is 0.383 e. The maximum Gasteiger partial charge on any atom is 0.383 e. The third kappa shape index (κ3) is 5.37. The number of unbranched alkanes of at least 4 members (excludes halogenated alkanes) is 1. The van der Waals surface area contributed by atoms with Gasteiger partial charge in [-0.3, -0.25) is 4.52 Å². The Balaban J connectivity index is 2.11. The van der Waals surface area contributed by atoms with Crippen LogP contribution in [0.2, 0.25) is 0 Å². The molecule has 0 N–H and O–H groups in total. The Morgan fingerprint density at radius 1 is 0.952 bits per heavy atom. The lowest BCUT2D eigenvalue weighted by molar-refractivity contribution is 0.259. The topological polar surface area (TPSA) is 35.5 Å². The molecule has 0 aliphatic heterocycles. The quantitative estimate of drug-likeness (QED) is 0.492. The fraction of sp³-hybridized carbons (Fsp3) is 0.294. The van der Waals surface area contributed by atoms with E-state index in [2.05, 4.69) is 6.92 Å². The molecule has 2 rings (SSSR count). The van der Waals surface area contributed by atoms with Crippen LogP contribution in [0.15, 0.2) is 60.7 Å². The summed E-state index contributed by atoms with van der Waals surface area (Å²) in [7, 11) is -3.19. The minimum Gasteiger partial charge on any atom is -0.424 e. The predicted octanol–water partition coefficient (Wildman–Crippen LogP) is 5.28. The Labute approximate surface area is 126 Å². The maximum atomic E-state index is 13.0. The summed E-state index contributed by atoms with van der Waals surface area (Å²) in [6, 6.07) is 18.8. The summed E-state index contributed by atoms with van der Waals surface area (Å²) in [6.45, 7) is 2.52. The molecule has 112 valence electrons. The molecule has 0 unspecified atom stereocenters. The number of rotatable bonds is 8. The highest BCUT2D eigenvalue weighted by Gasteiger charge is 2.26. The molecular formula is C17H21O3P. The van der Waals surface area contributed by atoms with Gasteiger partial charge in [0.05, 0.1) is 12.8 Å². The second-order valence-electron chi connectivity index (χ2n) is 4.85. The molecule has 1 atom stereocenters. The summed E-state index contributed by atoms with van der Waals surface area (Å²) in [5, 5.41) is 0. The third-order valence-corrected chi connectivity index (χ3v) is 4.81. The van der Waals surface area contributed by atoms with E-state index in [1.54, 1.807) is 12.1 Å². The molecule has 0 saturated heterocycles. The van der Waals surface area contributed by atoms with Crippen LogP contribution >= 0.6 is 7.60 Å². The van der Waals surface area contributed by atoms with E-state index in [9.17, 15) is 4.57 Å². The molecule has 0 saturated carbocycles. The number of para-hydroxylation sites is 1. The van der Waals surface area contributed by atoms with Gasteiger partial charge in [0.1, 0.15) is 5.75 Å². The average Bonchev–Trinajstić information content (AvgIpc) is 2.49. The van der Waals surface area contributed by atoms with Crippen LogP contribution in [0, 0.1) is 0 Å². The Morgan fingerprint density at radius 3 is 2.19 bits per heavy atom. The van der Waals surface area contributed by atoms with E-state index in [1.807, 2.05) is 48.5 Å². The molecule has 2 aromatic rings. The molecule has 0 spiro atoms.